The average molecular weight is 421 g/mol. The van der Waals surface area contributed by atoms with Crippen LogP contribution < -0.4 is 5.32 Å². The van der Waals surface area contributed by atoms with Crippen molar-refractivity contribution in [1.82, 2.24) is 5.32 Å². The van der Waals surface area contributed by atoms with Gasteiger partial charge < -0.3 is 5.32 Å². The zero-order valence-electron chi connectivity index (χ0n) is 18.1. The van der Waals surface area contributed by atoms with Gasteiger partial charge in [0.2, 0.25) is 5.91 Å². The van der Waals surface area contributed by atoms with E-state index in [1.807, 2.05) is 30.3 Å². The van der Waals surface area contributed by atoms with Crippen molar-refractivity contribution in [3.63, 3.8) is 0 Å². The maximum Gasteiger partial charge on any atom is 0.277 e. The first-order chi connectivity index (χ1) is 15.1. The summed E-state index contributed by atoms with van der Waals surface area (Å²) in [4.78, 5) is 24.2. The van der Waals surface area contributed by atoms with E-state index in [-0.39, 0.29) is 17.6 Å². The minimum Gasteiger partial charge on any atom is -0.350 e. The number of hydrogen-bond acceptors (Lipinski definition) is 3. The lowest BCUT2D eigenvalue weighted by Gasteiger charge is -2.18. The lowest BCUT2D eigenvalue weighted by Crippen LogP contribution is -2.33. The van der Waals surface area contributed by atoms with Gasteiger partial charge in [0, 0.05) is 23.8 Å². The Bertz CT molecular complexity index is 881. The Hall–Kier alpha value is -2.95. The van der Waals surface area contributed by atoms with Crippen molar-refractivity contribution in [3.05, 3.63) is 81.9 Å². The SMILES string of the molecule is O=C(C=C(c1ccccc1)c1ccccc1[N+](=O)[O-])NC1CCCCCCCCCC1. The molecule has 1 aliphatic rings. The first kappa shape index (κ1) is 22.7. The van der Waals surface area contributed by atoms with E-state index in [1.165, 1.54) is 50.7 Å². The monoisotopic (exact) mass is 420 g/mol. The molecule has 0 bridgehead atoms. The molecule has 5 heteroatoms. The highest BCUT2D eigenvalue weighted by molar-refractivity contribution is 6.00. The molecule has 1 fully saturated rings. The van der Waals surface area contributed by atoms with Crippen LogP contribution in [-0.4, -0.2) is 16.9 Å². The van der Waals surface area contributed by atoms with Gasteiger partial charge in [-0.25, -0.2) is 0 Å². The molecule has 0 aliphatic heterocycles. The highest BCUT2D eigenvalue weighted by atomic mass is 16.6. The molecule has 0 aromatic heterocycles. The highest BCUT2D eigenvalue weighted by Gasteiger charge is 2.19. The molecule has 2 aromatic rings. The Kier molecular flexibility index (Phi) is 8.83. The van der Waals surface area contributed by atoms with Gasteiger partial charge in [-0.1, -0.05) is 93.8 Å². The summed E-state index contributed by atoms with van der Waals surface area (Å²) in [6, 6.07) is 16.2. The van der Waals surface area contributed by atoms with E-state index in [9.17, 15) is 14.9 Å². The van der Waals surface area contributed by atoms with Gasteiger partial charge in [-0.15, -0.1) is 0 Å². The average Bonchev–Trinajstić information content (AvgIpc) is 2.84. The molecule has 164 valence electrons. The van der Waals surface area contributed by atoms with E-state index in [4.69, 9.17) is 0 Å². The van der Waals surface area contributed by atoms with Gasteiger partial charge in [-0.3, -0.25) is 14.9 Å². The Morgan fingerprint density at radius 1 is 0.839 bits per heavy atom. The van der Waals surface area contributed by atoms with Crippen molar-refractivity contribution >= 4 is 17.2 Å². The van der Waals surface area contributed by atoms with Crippen LogP contribution >= 0.6 is 0 Å². The van der Waals surface area contributed by atoms with Gasteiger partial charge >= 0.3 is 0 Å². The Morgan fingerprint density at radius 2 is 1.39 bits per heavy atom. The number of carbonyl (C=O) groups excluding carboxylic acids is 1. The number of hydrogen-bond donors (Lipinski definition) is 1. The number of nitrogens with zero attached hydrogens (tertiary/aromatic N) is 1. The maximum absolute atomic E-state index is 13.0. The van der Waals surface area contributed by atoms with E-state index >= 15 is 0 Å². The van der Waals surface area contributed by atoms with Crippen LogP contribution in [0.4, 0.5) is 5.69 Å². The number of rotatable bonds is 5. The molecule has 0 unspecified atom stereocenters. The van der Waals surface area contributed by atoms with Crippen molar-refractivity contribution in [2.24, 2.45) is 0 Å². The quantitative estimate of drug-likeness (QED) is 0.344. The lowest BCUT2D eigenvalue weighted by atomic mass is 9.95. The number of benzene rings is 2. The number of nitro groups is 1. The normalized spacial score (nSPS) is 16.8. The molecule has 1 N–H and O–H groups in total. The zero-order valence-corrected chi connectivity index (χ0v) is 18.1. The van der Waals surface area contributed by atoms with E-state index in [2.05, 4.69) is 5.32 Å². The molecule has 1 saturated carbocycles. The second-order valence-corrected chi connectivity index (χ2v) is 8.31. The summed E-state index contributed by atoms with van der Waals surface area (Å²) >= 11 is 0. The molecular formula is C26H32N2O3. The number of nitro benzene ring substituents is 1. The van der Waals surface area contributed by atoms with Gasteiger partial charge in [-0.05, 0) is 24.5 Å². The van der Waals surface area contributed by atoms with Crippen molar-refractivity contribution in [3.8, 4) is 0 Å². The fraction of sp³-hybridized carbons (Fsp3) is 0.423. The smallest absolute Gasteiger partial charge is 0.277 e. The first-order valence-corrected chi connectivity index (χ1v) is 11.5. The van der Waals surface area contributed by atoms with Crippen molar-refractivity contribution in [2.75, 3.05) is 0 Å². The molecule has 31 heavy (non-hydrogen) atoms. The number of carbonyl (C=O) groups is 1. The van der Waals surface area contributed by atoms with Crippen LogP contribution in [0, 0.1) is 10.1 Å². The number of amides is 1. The predicted octanol–water partition coefficient (Wildman–Crippen LogP) is 6.43. The van der Waals surface area contributed by atoms with E-state index < -0.39 is 4.92 Å². The minimum atomic E-state index is -0.395. The minimum absolute atomic E-state index is 0.000319. The molecule has 0 saturated heterocycles. The van der Waals surface area contributed by atoms with E-state index in [0.717, 1.165) is 31.2 Å². The molecule has 2 aromatic carbocycles. The van der Waals surface area contributed by atoms with Crippen molar-refractivity contribution in [1.29, 1.82) is 0 Å². The van der Waals surface area contributed by atoms with Crippen LogP contribution in [0.15, 0.2) is 60.7 Å². The summed E-state index contributed by atoms with van der Waals surface area (Å²) in [7, 11) is 0. The second-order valence-electron chi connectivity index (χ2n) is 8.31. The summed E-state index contributed by atoms with van der Waals surface area (Å²) in [5.74, 6) is -0.183. The molecule has 1 amide bonds. The second kappa shape index (κ2) is 12.0. The standard InChI is InChI=1S/C26H32N2O3/c29-26(27-22-16-10-5-3-1-2-4-6-11-17-22)20-24(21-14-8-7-9-15-21)23-18-12-13-19-25(23)28(30)31/h7-9,12-15,18-20,22H,1-6,10-11,16-17H2,(H,27,29). The van der Waals surface area contributed by atoms with Crippen molar-refractivity contribution in [2.45, 2.75) is 70.3 Å². The maximum atomic E-state index is 13.0. The molecule has 1 aliphatic carbocycles. The third-order valence-electron chi connectivity index (χ3n) is 5.95. The van der Waals surface area contributed by atoms with Gasteiger partial charge in [0.15, 0.2) is 0 Å². The summed E-state index contributed by atoms with van der Waals surface area (Å²) in [5, 5.41) is 14.8. The fourth-order valence-corrected chi connectivity index (χ4v) is 4.30. The molecule has 5 nitrogen and oxygen atoms in total. The summed E-state index contributed by atoms with van der Waals surface area (Å²) < 4.78 is 0. The highest BCUT2D eigenvalue weighted by Crippen LogP contribution is 2.30. The first-order valence-electron chi connectivity index (χ1n) is 11.5. The zero-order chi connectivity index (χ0) is 21.9. The molecule has 3 rings (SSSR count). The van der Waals surface area contributed by atoms with Gasteiger partial charge in [0.25, 0.3) is 5.69 Å². The van der Waals surface area contributed by atoms with E-state index in [0.29, 0.717) is 11.1 Å². The lowest BCUT2D eigenvalue weighted by molar-refractivity contribution is -0.385. The van der Waals surface area contributed by atoms with Crippen LogP contribution in [0.3, 0.4) is 0 Å². The van der Waals surface area contributed by atoms with E-state index in [1.54, 1.807) is 18.2 Å². The molecule has 0 spiro atoms. The predicted molar refractivity (Wildman–Crippen MR) is 125 cm³/mol. The van der Waals surface area contributed by atoms with Gasteiger partial charge in [-0.2, -0.15) is 0 Å². The third kappa shape index (κ3) is 7.06. The third-order valence-corrected chi connectivity index (χ3v) is 5.95. The van der Waals surface area contributed by atoms with Gasteiger partial charge in [0.1, 0.15) is 0 Å². The summed E-state index contributed by atoms with van der Waals surface area (Å²) in [6.07, 6.45) is 13.4. The largest absolute Gasteiger partial charge is 0.350 e. The Labute approximate surface area is 184 Å². The number of nitrogens with one attached hydrogen (secondary N) is 1. The van der Waals surface area contributed by atoms with Crippen LogP contribution in [0.5, 0.6) is 0 Å². The Morgan fingerprint density at radius 3 is 2.00 bits per heavy atom. The topological polar surface area (TPSA) is 72.2 Å². The summed E-state index contributed by atoms with van der Waals surface area (Å²) in [6.45, 7) is 0. The summed E-state index contributed by atoms with van der Waals surface area (Å²) in [5.41, 5.74) is 1.81. The molecule has 0 radical (unpaired) electrons. The molecule has 0 atom stereocenters. The van der Waals surface area contributed by atoms with Crippen LogP contribution in [0.1, 0.15) is 75.3 Å². The van der Waals surface area contributed by atoms with Crippen LogP contribution in [0.25, 0.3) is 5.57 Å². The number of para-hydroxylation sites is 1. The molecule has 0 heterocycles. The fourth-order valence-electron chi connectivity index (χ4n) is 4.30. The van der Waals surface area contributed by atoms with Crippen molar-refractivity contribution < 1.29 is 9.72 Å². The molecular weight excluding hydrogens is 388 g/mol. The van der Waals surface area contributed by atoms with Crippen LogP contribution in [-0.2, 0) is 4.79 Å². The Balaban J connectivity index is 1.84. The van der Waals surface area contributed by atoms with Crippen LogP contribution in [0.2, 0.25) is 0 Å². The van der Waals surface area contributed by atoms with Gasteiger partial charge in [0.05, 0.1) is 10.5 Å².